The largest absolute Gasteiger partial charge is 0.497 e. The topological polar surface area (TPSA) is 102 Å². The summed E-state index contributed by atoms with van der Waals surface area (Å²) in [4.78, 5) is 35.0. The predicted octanol–water partition coefficient (Wildman–Crippen LogP) is 3.75. The highest BCUT2D eigenvalue weighted by Gasteiger charge is 2.29. The molecule has 1 fully saturated rings. The molecule has 1 aliphatic heterocycles. The number of thiophene rings is 1. The first-order valence-corrected chi connectivity index (χ1v) is 11.3. The van der Waals surface area contributed by atoms with E-state index in [-0.39, 0.29) is 11.8 Å². The van der Waals surface area contributed by atoms with Crippen LogP contribution in [0.3, 0.4) is 0 Å². The second kappa shape index (κ2) is 8.59. The molecule has 0 spiro atoms. The van der Waals surface area contributed by atoms with E-state index in [0.717, 1.165) is 27.2 Å². The molecule has 4 aromatic rings. The average Bonchev–Trinajstić information content (AvgIpc) is 3.52. The summed E-state index contributed by atoms with van der Waals surface area (Å²) in [6.45, 7) is 1.75. The highest BCUT2D eigenvalue weighted by Crippen LogP contribution is 2.35. The van der Waals surface area contributed by atoms with Gasteiger partial charge in [-0.25, -0.2) is 4.98 Å². The number of benzene rings is 1. The van der Waals surface area contributed by atoms with Crippen molar-refractivity contribution in [3.63, 3.8) is 0 Å². The molecule has 5 rings (SSSR count). The number of hydrogen-bond donors (Lipinski definition) is 1. The Labute approximate surface area is 194 Å². The summed E-state index contributed by atoms with van der Waals surface area (Å²) in [6.07, 6.45) is 1.48. The number of furan rings is 1. The highest BCUT2D eigenvalue weighted by atomic mass is 32.1. The molecule has 2 N–H and O–H groups in total. The zero-order valence-electron chi connectivity index (χ0n) is 18.0. The lowest BCUT2D eigenvalue weighted by molar-refractivity contribution is 0.0521. The number of nitrogens with two attached hydrogens (primary N) is 1. The first kappa shape index (κ1) is 21.0. The number of nitrogens with zero attached hydrogens (tertiary/aromatic N) is 3. The van der Waals surface area contributed by atoms with Crippen LogP contribution in [-0.4, -0.2) is 59.9 Å². The molecular weight excluding hydrogens is 440 g/mol. The lowest BCUT2D eigenvalue weighted by atomic mass is 10.1. The quantitative estimate of drug-likeness (QED) is 0.496. The molecule has 2 amide bonds. The van der Waals surface area contributed by atoms with Gasteiger partial charge in [0.15, 0.2) is 5.76 Å². The van der Waals surface area contributed by atoms with Gasteiger partial charge in [-0.2, -0.15) is 0 Å². The molecule has 1 aliphatic rings. The van der Waals surface area contributed by atoms with Crippen molar-refractivity contribution in [2.45, 2.75) is 0 Å². The summed E-state index contributed by atoms with van der Waals surface area (Å²) in [5, 5.41) is 0.771. The number of piperazine rings is 1. The summed E-state index contributed by atoms with van der Waals surface area (Å²) in [7, 11) is 1.63. The molecule has 0 radical (unpaired) electrons. The molecule has 9 heteroatoms. The number of hydrogen-bond acceptors (Lipinski definition) is 7. The number of fused-ring (bicyclic) bond motifs is 1. The second-order valence-corrected chi connectivity index (χ2v) is 8.68. The van der Waals surface area contributed by atoms with E-state index in [9.17, 15) is 9.59 Å². The fourth-order valence-corrected chi connectivity index (χ4v) is 4.95. The van der Waals surface area contributed by atoms with Crippen LogP contribution >= 0.6 is 11.3 Å². The Kier molecular flexibility index (Phi) is 5.47. The number of pyridine rings is 1. The van der Waals surface area contributed by atoms with E-state index >= 15 is 0 Å². The lowest BCUT2D eigenvalue weighted by Crippen LogP contribution is -2.50. The Morgan fingerprint density at radius 3 is 2.33 bits per heavy atom. The average molecular weight is 463 g/mol. The molecule has 0 unspecified atom stereocenters. The van der Waals surface area contributed by atoms with E-state index in [2.05, 4.69) is 0 Å². The summed E-state index contributed by atoms with van der Waals surface area (Å²) < 4.78 is 10.4. The normalized spacial score (nSPS) is 14.0. The molecular formula is C24H22N4O4S. The van der Waals surface area contributed by atoms with Crippen LogP contribution in [0, 0.1) is 0 Å². The van der Waals surface area contributed by atoms with Crippen molar-refractivity contribution < 1.29 is 18.7 Å². The number of methoxy groups -OCH3 is 1. The van der Waals surface area contributed by atoms with Gasteiger partial charge in [-0.1, -0.05) is 0 Å². The molecule has 0 aliphatic carbocycles. The van der Waals surface area contributed by atoms with Gasteiger partial charge in [-0.15, -0.1) is 11.3 Å². The molecule has 0 atom stereocenters. The third-order valence-electron chi connectivity index (χ3n) is 5.76. The Morgan fingerprint density at radius 1 is 1.00 bits per heavy atom. The SMILES string of the molecule is COc1ccc(-c2ccc3c(N)c(C(=O)N4CCN(C(=O)c5ccco5)CC4)sc3n2)cc1. The summed E-state index contributed by atoms with van der Waals surface area (Å²) in [6, 6.07) is 14.8. The van der Waals surface area contributed by atoms with E-state index in [1.54, 1.807) is 29.0 Å². The van der Waals surface area contributed by atoms with Gasteiger partial charge in [0.05, 0.1) is 24.8 Å². The maximum atomic E-state index is 13.2. The van der Waals surface area contributed by atoms with Crippen LogP contribution in [0.15, 0.2) is 59.2 Å². The highest BCUT2D eigenvalue weighted by molar-refractivity contribution is 7.21. The molecule has 1 saturated heterocycles. The third-order valence-corrected chi connectivity index (χ3v) is 6.86. The van der Waals surface area contributed by atoms with Crippen molar-refractivity contribution in [2.24, 2.45) is 0 Å². The van der Waals surface area contributed by atoms with Crippen molar-refractivity contribution in [3.05, 3.63) is 65.4 Å². The predicted molar refractivity (Wildman–Crippen MR) is 127 cm³/mol. The van der Waals surface area contributed by atoms with Crippen LogP contribution < -0.4 is 10.5 Å². The summed E-state index contributed by atoms with van der Waals surface area (Å²) in [5.74, 6) is 0.789. The minimum atomic E-state index is -0.163. The number of carbonyl (C=O) groups excluding carboxylic acids is 2. The lowest BCUT2D eigenvalue weighted by Gasteiger charge is -2.34. The maximum absolute atomic E-state index is 13.2. The standard InChI is InChI=1S/C24H22N4O4S/c1-31-16-6-4-15(5-7-16)18-9-8-17-20(25)21(33-22(17)26-18)24(30)28-12-10-27(11-13-28)23(29)19-3-2-14-32-19/h2-9,14H,10-13,25H2,1H3. The number of nitrogen functional groups attached to an aromatic ring is 1. The van der Waals surface area contributed by atoms with Gasteiger partial charge in [0, 0.05) is 37.1 Å². The molecule has 0 saturated carbocycles. The summed E-state index contributed by atoms with van der Waals surface area (Å²) >= 11 is 1.30. The van der Waals surface area contributed by atoms with Crippen LogP contribution in [0.1, 0.15) is 20.2 Å². The number of amides is 2. The first-order valence-electron chi connectivity index (χ1n) is 10.5. The van der Waals surface area contributed by atoms with Gasteiger partial charge in [0.1, 0.15) is 15.5 Å². The fourth-order valence-electron chi connectivity index (χ4n) is 3.89. The smallest absolute Gasteiger partial charge is 0.289 e. The number of anilines is 1. The maximum Gasteiger partial charge on any atom is 0.289 e. The van der Waals surface area contributed by atoms with E-state index < -0.39 is 0 Å². The molecule has 0 bridgehead atoms. The number of carbonyl (C=O) groups is 2. The van der Waals surface area contributed by atoms with Crippen LogP contribution in [0.25, 0.3) is 21.5 Å². The van der Waals surface area contributed by atoms with Crippen molar-refractivity contribution in [3.8, 4) is 17.0 Å². The van der Waals surface area contributed by atoms with Crippen molar-refractivity contribution in [1.82, 2.24) is 14.8 Å². The molecule has 168 valence electrons. The monoisotopic (exact) mass is 462 g/mol. The fraction of sp³-hybridized carbons (Fsp3) is 0.208. The number of aromatic nitrogens is 1. The number of ether oxygens (including phenoxy) is 1. The van der Waals surface area contributed by atoms with Gasteiger partial charge < -0.3 is 24.7 Å². The Bertz CT molecular complexity index is 1310. The molecule has 1 aromatic carbocycles. The minimum absolute atomic E-state index is 0.133. The van der Waals surface area contributed by atoms with Crippen LogP contribution in [0.5, 0.6) is 5.75 Å². The van der Waals surface area contributed by atoms with Crippen molar-refractivity contribution in [2.75, 3.05) is 39.0 Å². The van der Waals surface area contributed by atoms with E-state index in [1.165, 1.54) is 17.6 Å². The van der Waals surface area contributed by atoms with Crippen LogP contribution in [-0.2, 0) is 0 Å². The molecule has 33 heavy (non-hydrogen) atoms. The third kappa shape index (κ3) is 3.91. The molecule has 8 nitrogen and oxygen atoms in total. The van der Waals surface area contributed by atoms with Crippen LogP contribution in [0.4, 0.5) is 5.69 Å². The van der Waals surface area contributed by atoms with Gasteiger partial charge in [-0.3, -0.25) is 9.59 Å². The summed E-state index contributed by atoms with van der Waals surface area (Å²) in [5.41, 5.74) is 8.54. The van der Waals surface area contributed by atoms with E-state index in [0.29, 0.717) is 42.5 Å². The van der Waals surface area contributed by atoms with Crippen molar-refractivity contribution in [1.29, 1.82) is 0 Å². The van der Waals surface area contributed by atoms with Gasteiger partial charge in [-0.05, 0) is 48.5 Å². The zero-order chi connectivity index (χ0) is 22.9. The Morgan fingerprint density at radius 2 is 1.70 bits per heavy atom. The van der Waals surface area contributed by atoms with E-state index in [4.69, 9.17) is 19.9 Å². The molecule has 4 heterocycles. The minimum Gasteiger partial charge on any atom is -0.497 e. The van der Waals surface area contributed by atoms with Crippen LogP contribution in [0.2, 0.25) is 0 Å². The van der Waals surface area contributed by atoms with Gasteiger partial charge in [0.2, 0.25) is 0 Å². The zero-order valence-corrected chi connectivity index (χ0v) is 18.8. The second-order valence-electron chi connectivity index (χ2n) is 7.68. The van der Waals surface area contributed by atoms with Crippen molar-refractivity contribution >= 4 is 39.1 Å². The Balaban J connectivity index is 1.33. The van der Waals surface area contributed by atoms with E-state index in [1.807, 2.05) is 36.4 Å². The number of rotatable bonds is 4. The van der Waals surface area contributed by atoms with Gasteiger partial charge >= 0.3 is 0 Å². The Hall–Kier alpha value is -3.85. The molecule has 3 aromatic heterocycles. The van der Waals surface area contributed by atoms with Gasteiger partial charge in [0.25, 0.3) is 11.8 Å². The first-order chi connectivity index (χ1) is 16.0.